The third kappa shape index (κ3) is 1.66. The summed E-state index contributed by atoms with van der Waals surface area (Å²) >= 11 is 0. The van der Waals surface area contributed by atoms with Gasteiger partial charge in [-0.15, -0.1) is 0 Å². The molecular formula is C8H13N3O. The SMILES string of the molecule is NC[C@@H](N)c1ccc(N)c(O)c1. The van der Waals surface area contributed by atoms with Gasteiger partial charge in [0, 0.05) is 12.6 Å². The zero-order valence-corrected chi connectivity index (χ0v) is 6.70. The van der Waals surface area contributed by atoms with Crippen LogP contribution in [-0.4, -0.2) is 11.7 Å². The number of nitrogen functional groups attached to an aromatic ring is 1. The molecule has 0 bridgehead atoms. The number of nitrogens with two attached hydrogens (primary N) is 3. The van der Waals surface area contributed by atoms with E-state index in [9.17, 15) is 5.11 Å². The summed E-state index contributed by atoms with van der Waals surface area (Å²) in [6.45, 7) is 0.351. The van der Waals surface area contributed by atoms with Crippen molar-refractivity contribution in [2.45, 2.75) is 6.04 Å². The number of hydrogen-bond donors (Lipinski definition) is 4. The Balaban J connectivity index is 2.96. The first-order valence-corrected chi connectivity index (χ1v) is 3.69. The number of phenolic OH excluding ortho intramolecular Hbond substituents is 1. The van der Waals surface area contributed by atoms with Gasteiger partial charge < -0.3 is 22.3 Å². The van der Waals surface area contributed by atoms with Gasteiger partial charge in [0.1, 0.15) is 5.75 Å². The van der Waals surface area contributed by atoms with Gasteiger partial charge >= 0.3 is 0 Å². The van der Waals surface area contributed by atoms with Gasteiger partial charge in [-0.05, 0) is 17.7 Å². The first-order chi connectivity index (χ1) is 5.65. The van der Waals surface area contributed by atoms with Gasteiger partial charge in [-0.1, -0.05) is 6.07 Å². The van der Waals surface area contributed by atoms with Crippen molar-refractivity contribution >= 4 is 5.69 Å². The van der Waals surface area contributed by atoms with Crippen LogP contribution in [-0.2, 0) is 0 Å². The van der Waals surface area contributed by atoms with Crippen molar-refractivity contribution in [3.05, 3.63) is 23.8 Å². The van der Waals surface area contributed by atoms with Crippen LogP contribution in [0.25, 0.3) is 0 Å². The average molecular weight is 167 g/mol. The Bertz CT molecular complexity index is 275. The summed E-state index contributed by atoms with van der Waals surface area (Å²) in [5.74, 6) is 0.0522. The van der Waals surface area contributed by atoms with E-state index in [-0.39, 0.29) is 11.8 Å². The van der Waals surface area contributed by atoms with Crippen LogP contribution in [0.15, 0.2) is 18.2 Å². The highest BCUT2D eigenvalue weighted by atomic mass is 16.3. The topological polar surface area (TPSA) is 98.3 Å². The van der Waals surface area contributed by atoms with Crippen LogP contribution in [0, 0.1) is 0 Å². The van der Waals surface area contributed by atoms with Gasteiger partial charge in [0.25, 0.3) is 0 Å². The van der Waals surface area contributed by atoms with Crippen molar-refractivity contribution in [1.29, 1.82) is 0 Å². The number of hydrogen-bond acceptors (Lipinski definition) is 4. The number of rotatable bonds is 2. The molecule has 0 aliphatic heterocycles. The second-order valence-electron chi connectivity index (χ2n) is 2.66. The molecule has 0 unspecified atom stereocenters. The standard InChI is InChI=1S/C8H13N3O/c9-4-7(11)5-1-2-6(10)8(12)3-5/h1-3,7,12H,4,9-11H2/t7-/m1/s1. The second-order valence-corrected chi connectivity index (χ2v) is 2.66. The quantitative estimate of drug-likeness (QED) is 0.366. The van der Waals surface area contributed by atoms with E-state index in [0.29, 0.717) is 12.2 Å². The maximum absolute atomic E-state index is 9.22. The fraction of sp³-hybridized carbons (Fsp3) is 0.250. The van der Waals surface area contributed by atoms with Gasteiger partial charge in [-0.25, -0.2) is 0 Å². The zero-order valence-electron chi connectivity index (χ0n) is 6.70. The second kappa shape index (κ2) is 3.42. The van der Waals surface area contributed by atoms with E-state index in [2.05, 4.69) is 0 Å². The van der Waals surface area contributed by atoms with Crippen molar-refractivity contribution in [3.63, 3.8) is 0 Å². The van der Waals surface area contributed by atoms with Crippen LogP contribution in [0.5, 0.6) is 5.75 Å². The van der Waals surface area contributed by atoms with Gasteiger partial charge in [0.2, 0.25) is 0 Å². The molecule has 0 saturated carbocycles. The molecule has 4 nitrogen and oxygen atoms in total. The Labute approximate surface area is 71.0 Å². The highest BCUT2D eigenvalue weighted by Gasteiger charge is 2.05. The van der Waals surface area contributed by atoms with E-state index in [0.717, 1.165) is 5.56 Å². The minimum atomic E-state index is -0.239. The van der Waals surface area contributed by atoms with Gasteiger partial charge in [0.15, 0.2) is 0 Å². The summed E-state index contributed by atoms with van der Waals surface area (Å²) in [6.07, 6.45) is 0. The first kappa shape index (κ1) is 8.83. The third-order valence-electron chi connectivity index (χ3n) is 1.74. The molecule has 0 spiro atoms. The molecule has 0 aliphatic carbocycles. The molecule has 7 N–H and O–H groups in total. The lowest BCUT2D eigenvalue weighted by atomic mass is 10.1. The van der Waals surface area contributed by atoms with Gasteiger partial charge in [-0.2, -0.15) is 0 Å². The van der Waals surface area contributed by atoms with E-state index in [1.807, 2.05) is 0 Å². The van der Waals surface area contributed by atoms with Crippen molar-refractivity contribution in [2.75, 3.05) is 12.3 Å². The third-order valence-corrected chi connectivity index (χ3v) is 1.74. The highest BCUT2D eigenvalue weighted by Crippen LogP contribution is 2.22. The van der Waals surface area contributed by atoms with E-state index < -0.39 is 0 Å². The Hall–Kier alpha value is -1.26. The number of phenols is 1. The molecular weight excluding hydrogens is 154 g/mol. The van der Waals surface area contributed by atoms with Crippen molar-refractivity contribution in [1.82, 2.24) is 0 Å². The summed E-state index contributed by atoms with van der Waals surface area (Å²) < 4.78 is 0. The highest BCUT2D eigenvalue weighted by molar-refractivity contribution is 5.53. The van der Waals surface area contributed by atoms with E-state index in [1.54, 1.807) is 12.1 Å². The number of benzene rings is 1. The molecule has 1 rings (SSSR count). The lowest BCUT2D eigenvalue weighted by Gasteiger charge is -2.09. The Morgan fingerprint density at radius 1 is 1.42 bits per heavy atom. The maximum Gasteiger partial charge on any atom is 0.138 e. The van der Waals surface area contributed by atoms with Crippen LogP contribution in [0.1, 0.15) is 11.6 Å². The summed E-state index contributed by atoms with van der Waals surface area (Å²) in [5.41, 5.74) is 17.5. The molecule has 0 radical (unpaired) electrons. The Kier molecular flexibility index (Phi) is 2.52. The van der Waals surface area contributed by atoms with Crippen LogP contribution >= 0.6 is 0 Å². The van der Waals surface area contributed by atoms with E-state index >= 15 is 0 Å². The Morgan fingerprint density at radius 3 is 2.58 bits per heavy atom. The summed E-state index contributed by atoms with van der Waals surface area (Å²) in [7, 11) is 0. The molecule has 1 aromatic carbocycles. The van der Waals surface area contributed by atoms with Crippen LogP contribution in [0.4, 0.5) is 5.69 Å². The van der Waals surface area contributed by atoms with Gasteiger partial charge in [0.05, 0.1) is 5.69 Å². The Morgan fingerprint density at radius 2 is 2.08 bits per heavy atom. The number of anilines is 1. The zero-order chi connectivity index (χ0) is 9.14. The molecule has 66 valence electrons. The molecule has 1 aromatic rings. The minimum Gasteiger partial charge on any atom is -0.506 e. The van der Waals surface area contributed by atoms with E-state index in [4.69, 9.17) is 17.2 Å². The average Bonchev–Trinajstić information content (AvgIpc) is 2.08. The van der Waals surface area contributed by atoms with E-state index in [1.165, 1.54) is 6.07 Å². The lowest BCUT2D eigenvalue weighted by Crippen LogP contribution is -2.20. The minimum absolute atomic E-state index is 0.0522. The van der Waals surface area contributed by atoms with Crippen molar-refractivity contribution in [3.8, 4) is 5.75 Å². The molecule has 12 heavy (non-hydrogen) atoms. The predicted octanol–water partition coefficient (Wildman–Crippen LogP) is -0.0671. The molecule has 0 aromatic heterocycles. The maximum atomic E-state index is 9.22. The lowest BCUT2D eigenvalue weighted by molar-refractivity contribution is 0.476. The van der Waals surface area contributed by atoms with Crippen LogP contribution in [0.2, 0.25) is 0 Å². The van der Waals surface area contributed by atoms with Crippen molar-refractivity contribution in [2.24, 2.45) is 11.5 Å². The fourth-order valence-corrected chi connectivity index (χ4v) is 0.927. The molecule has 0 fully saturated rings. The van der Waals surface area contributed by atoms with Gasteiger partial charge in [-0.3, -0.25) is 0 Å². The molecule has 0 amide bonds. The number of aromatic hydroxyl groups is 1. The normalized spacial score (nSPS) is 12.8. The predicted molar refractivity (Wildman–Crippen MR) is 48.5 cm³/mol. The molecule has 0 heterocycles. The summed E-state index contributed by atoms with van der Waals surface area (Å²) in [5, 5.41) is 9.22. The summed E-state index contributed by atoms with van der Waals surface area (Å²) in [6, 6.07) is 4.66. The van der Waals surface area contributed by atoms with Crippen LogP contribution < -0.4 is 17.2 Å². The first-order valence-electron chi connectivity index (χ1n) is 3.69. The molecule has 0 aliphatic rings. The smallest absolute Gasteiger partial charge is 0.138 e. The monoisotopic (exact) mass is 167 g/mol. The van der Waals surface area contributed by atoms with Crippen molar-refractivity contribution < 1.29 is 5.11 Å². The fourth-order valence-electron chi connectivity index (χ4n) is 0.927. The molecule has 4 heteroatoms. The molecule has 0 saturated heterocycles. The molecule has 1 atom stereocenters. The largest absolute Gasteiger partial charge is 0.506 e. The van der Waals surface area contributed by atoms with Crippen LogP contribution in [0.3, 0.4) is 0 Å². The summed E-state index contributed by atoms with van der Waals surface area (Å²) in [4.78, 5) is 0.